The maximum atomic E-state index is 16.9. The number of aliphatic hydroxyl groups is 2. The number of aliphatic hydroxyl groups excluding tert-OH is 1. The number of hydrogen-bond acceptors (Lipinski definition) is 4. The number of halogens is 2. The van der Waals surface area contributed by atoms with Gasteiger partial charge in [-0.25, -0.2) is 8.78 Å². The largest absolute Gasteiger partial charge is 0.390 e. The minimum Gasteiger partial charge on any atom is -0.390 e. The Labute approximate surface area is 170 Å². The van der Waals surface area contributed by atoms with Crippen molar-refractivity contribution in [3.05, 3.63) is 23.8 Å². The van der Waals surface area contributed by atoms with E-state index in [0.717, 1.165) is 6.08 Å². The third-order valence-corrected chi connectivity index (χ3v) is 8.96. The summed E-state index contributed by atoms with van der Waals surface area (Å²) < 4.78 is 32.2. The SMILES string of the molecule is CCC(=O)C1(O)C(C)C[C@H]2[C@@H]3C[C@H](F)C4=CC(=O)C=C[C@]4(C)[C@@]3(F)[C@@H](O)C[C@@]21C. The van der Waals surface area contributed by atoms with Crippen LogP contribution in [0.4, 0.5) is 8.78 Å². The molecule has 3 saturated carbocycles. The number of ketones is 2. The zero-order chi connectivity index (χ0) is 21.6. The lowest BCUT2D eigenvalue weighted by atomic mass is 9.44. The lowest BCUT2D eigenvalue weighted by Gasteiger charge is -2.63. The molecule has 6 heteroatoms. The molecule has 0 aromatic carbocycles. The van der Waals surface area contributed by atoms with Crippen molar-refractivity contribution in [3.8, 4) is 0 Å². The molecule has 0 aliphatic heterocycles. The van der Waals surface area contributed by atoms with Gasteiger partial charge in [0, 0.05) is 23.2 Å². The lowest BCUT2D eigenvalue weighted by Crippen LogP contribution is -2.70. The van der Waals surface area contributed by atoms with E-state index < -0.39 is 52.1 Å². The second-order valence-electron chi connectivity index (χ2n) is 10.0. The van der Waals surface area contributed by atoms with E-state index in [9.17, 15) is 19.8 Å². The smallest absolute Gasteiger partial charge is 0.178 e. The van der Waals surface area contributed by atoms with E-state index in [1.165, 1.54) is 12.2 Å². The molecule has 0 aromatic heterocycles. The predicted octanol–water partition coefficient (Wildman–Crippen LogP) is 3.26. The molecular weight excluding hydrogens is 378 g/mol. The second-order valence-corrected chi connectivity index (χ2v) is 10.0. The minimum atomic E-state index is -2.18. The average Bonchev–Trinajstić information content (AvgIpc) is 2.86. The summed E-state index contributed by atoms with van der Waals surface area (Å²) in [5.74, 6) is -2.42. The zero-order valence-electron chi connectivity index (χ0n) is 17.4. The van der Waals surface area contributed by atoms with Gasteiger partial charge in [0.1, 0.15) is 11.8 Å². The van der Waals surface area contributed by atoms with Crippen LogP contribution in [0.1, 0.15) is 53.4 Å². The fourth-order valence-corrected chi connectivity index (χ4v) is 7.40. The molecule has 0 bridgehead atoms. The quantitative estimate of drug-likeness (QED) is 0.736. The predicted molar refractivity (Wildman–Crippen MR) is 103 cm³/mol. The first kappa shape index (κ1) is 20.9. The van der Waals surface area contributed by atoms with Gasteiger partial charge in [-0.2, -0.15) is 0 Å². The van der Waals surface area contributed by atoms with Gasteiger partial charge in [-0.05, 0) is 55.7 Å². The molecule has 0 amide bonds. The molecule has 2 unspecified atom stereocenters. The van der Waals surface area contributed by atoms with Crippen LogP contribution in [0.5, 0.6) is 0 Å². The van der Waals surface area contributed by atoms with Crippen LogP contribution in [0.3, 0.4) is 0 Å². The van der Waals surface area contributed by atoms with Crippen molar-refractivity contribution in [1.82, 2.24) is 0 Å². The zero-order valence-corrected chi connectivity index (χ0v) is 17.4. The Hall–Kier alpha value is -1.40. The number of rotatable bonds is 2. The molecular formula is C23H30F2O4. The molecule has 0 spiro atoms. The molecule has 0 aromatic rings. The van der Waals surface area contributed by atoms with Gasteiger partial charge in [0.05, 0.1) is 6.10 Å². The van der Waals surface area contributed by atoms with Crippen molar-refractivity contribution in [2.45, 2.75) is 76.9 Å². The van der Waals surface area contributed by atoms with Crippen molar-refractivity contribution in [3.63, 3.8) is 0 Å². The second kappa shape index (κ2) is 6.07. The monoisotopic (exact) mass is 408 g/mol. The Kier molecular flexibility index (Phi) is 4.36. The van der Waals surface area contributed by atoms with Crippen molar-refractivity contribution in [1.29, 1.82) is 0 Å². The lowest BCUT2D eigenvalue weighted by molar-refractivity contribution is -0.223. The molecule has 0 radical (unpaired) electrons. The van der Waals surface area contributed by atoms with Crippen molar-refractivity contribution < 1.29 is 28.6 Å². The molecule has 0 saturated heterocycles. The van der Waals surface area contributed by atoms with Gasteiger partial charge in [-0.15, -0.1) is 0 Å². The molecule has 4 rings (SSSR count). The fourth-order valence-electron chi connectivity index (χ4n) is 7.40. The summed E-state index contributed by atoms with van der Waals surface area (Å²) in [6, 6.07) is 0. The maximum Gasteiger partial charge on any atom is 0.178 e. The highest BCUT2D eigenvalue weighted by Crippen LogP contribution is 2.71. The van der Waals surface area contributed by atoms with Gasteiger partial charge in [0.15, 0.2) is 17.2 Å². The van der Waals surface area contributed by atoms with E-state index >= 15 is 8.78 Å². The normalized spacial score (nSPS) is 53.7. The maximum absolute atomic E-state index is 16.9. The number of Topliss-reactive ketones (excluding diaryl/α,β-unsaturated/α-hetero) is 1. The molecule has 160 valence electrons. The first-order valence-corrected chi connectivity index (χ1v) is 10.6. The van der Waals surface area contributed by atoms with E-state index in [2.05, 4.69) is 0 Å². The summed E-state index contributed by atoms with van der Waals surface area (Å²) in [5, 5.41) is 22.7. The van der Waals surface area contributed by atoms with Crippen LogP contribution >= 0.6 is 0 Å². The van der Waals surface area contributed by atoms with Gasteiger partial charge in [-0.1, -0.05) is 26.8 Å². The summed E-state index contributed by atoms with van der Waals surface area (Å²) in [5.41, 5.74) is -6.25. The highest BCUT2D eigenvalue weighted by molar-refractivity contribution is 6.01. The van der Waals surface area contributed by atoms with E-state index in [-0.39, 0.29) is 36.4 Å². The molecule has 4 aliphatic rings. The summed E-state index contributed by atoms with van der Waals surface area (Å²) in [6.07, 6.45) is 1.09. The first-order valence-electron chi connectivity index (χ1n) is 10.6. The van der Waals surface area contributed by atoms with Crippen molar-refractivity contribution in [2.24, 2.45) is 28.6 Å². The Bertz CT molecular complexity index is 837. The number of carbonyl (C=O) groups is 2. The standard InChI is InChI=1S/C23H30F2O4/c1-5-18(27)23(29)12(2)8-14-15-10-17(24)16-9-13(26)6-7-20(16,3)22(15,25)19(28)11-21(14,23)4/h6-7,9,12,14-15,17,19,28-29H,5,8,10-11H2,1-4H3/t12?,14-,15-,17-,19-,20-,21-,22-,23?/m0/s1. The number of carbonyl (C=O) groups excluding carboxylic acids is 2. The Morgan fingerprint density at radius 3 is 2.55 bits per heavy atom. The van der Waals surface area contributed by atoms with E-state index in [1.54, 1.807) is 27.7 Å². The number of hydrogen-bond donors (Lipinski definition) is 2. The van der Waals surface area contributed by atoms with Crippen molar-refractivity contribution in [2.75, 3.05) is 0 Å². The van der Waals surface area contributed by atoms with E-state index in [1.807, 2.05) is 0 Å². The third-order valence-electron chi connectivity index (χ3n) is 8.96. The topological polar surface area (TPSA) is 74.6 Å². The number of alkyl halides is 2. The van der Waals surface area contributed by atoms with Crippen LogP contribution in [0.25, 0.3) is 0 Å². The van der Waals surface area contributed by atoms with Gasteiger partial charge < -0.3 is 10.2 Å². The third kappa shape index (κ3) is 2.20. The van der Waals surface area contributed by atoms with E-state index in [0.29, 0.717) is 6.42 Å². The molecule has 4 nitrogen and oxygen atoms in total. The molecule has 9 atom stereocenters. The van der Waals surface area contributed by atoms with Crippen molar-refractivity contribution >= 4 is 11.6 Å². The summed E-state index contributed by atoms with van der Waals surface area (Å²) >= 11 is 0. The Morgan fingerprint density at radius 1 is 1.28 bits per heavy atom. The van der Waals surface area contributed by atoms with Gasteiger partial charge in [0.25, 0.3) is 0 Å². The molecule has 2 N–H and O–H groups in total. The van der Waals surface area contributed by atoms with Crippen LogP contribution in [-0.2, 0) is 9.59 Å². The summed E-state index contributed by atoms with van der Waals surface area (Å²) in [4.78, 5) is 24.6. The molecule has 29 heavy (non-hydrogen) atoms. The van der Waals surface area contributed by atoms with Crippen LogP contribution in [-0.4, -0.2) is 45.3 Å². The molecule has 3 fully saturated rings. The number of fused-ring (bicyclic) bond motifs is 5. The first-order chi connectivity index (χ1) is 13.4. The number of allylic oxidation sites excluding steroid dienone is 4. The molecule has 4 aliphatic carbocycles. The molecule has 0 heterocycles. The highest BCUT2D eigenvalue weighted by Gasteiger charge is 2.76. The summed E-state index contributed by atoms with van der Waals surface area (Å²) in [6.45, 7) is 6.76. The van der Waals surface area contributed by atoms with Crippen LogP contribution in [0.15, 0.2) is 23.8 Å². The van der Waals surface area contributed by atoms with Gasteiger partial charge >= 0.3 is 0 Å². The Morgan fingerprint density at radius 2 is 1.93 bits per heavy atom. The van der Waals surface area contributed by atoms with Crippen LogP contribution in [0, 0.1) is 28.6 Å². The summed E-state index contributed by atoms with van der Waals surface area (Å²) in [7, 11) is 0. The highest BCUT2D eigenvalue weighted by atomic mass is 19.1. The van der Waals surface area contributed by atoms with Crippen LogP contribution < -0.4 is 0 Å². The fraction of sp³-hybridized carbons (Fsp3) is 0.739. The van der Waals surface area contributed by atoms with Crippen LogP contribution in [0.2, 0.25) is 0 Å². The Balaban J connectivity index is 1.87. The van der Waals surface area contributed by atoms with E-state index in [4.69, 9.17) is 0 Å². The van der Waals surface area contributed by atoms with Gasteiger partial charge in [-0.3, -0.25) is 9.59 Å². The minimum absolute atomic E-state index is 0.0809. The average molecular weight is 408 g/mol. The van der Waals surface area contributed by atoms with Gasteiger partial charge in [0.2, 0.25) is 0 Å².